The van der Waals surface area contributed by atoms with E-state index in [2.05, 4.69) is 0 Å². The predicted octanol–water partition coefficient (Wildman–Crippen LogP) is 0.0281. The number of hydrogen-bond donors (Lipinski definition) is 1. The Hall–Kier alpha value is -1.60. The molecule has 0 aromatic heterocycles. The van der Waals surface area contributed by atoms with E-state index in [-0.39, 0.29) is 11.3 Å². The van der Waals surface area contributed by atoms with E-state index in [0.717, 1.165) is 8.61 Å². The van der Waals surface area contributed by atoms with E-state index < -0.39 is 16.1 Å². The van der Waals surface area contributed by atoms with E-state index in [1.807, 2.05) is 0 Å². The molecule has 1 amide bonds. The average molecular weight is 257 g/mol. The fourth-order valence-electron chi connectivity index (χ4n) is 1.33. The molecule has 0 saturated carbocycles. The summed E-state index contributed by atoms with van der Waals surface area (Å²) >= 11 is 0. The van der Waals surface area contributed by atoms with E-state index in [9.17, 15) is 13.2 Å². The molecule has 0 bridgehead atoms. The van der Waals surface area contributed by atoms with Crippen LogP contribution in [-0.2, 0) is 10.2 Å². The van der Waals surface area contributed by atoms with Gasteiger partial charge in [0, 0.05) is 21.1 Å². The number of para-hydroxylation sites is 1. The van der Waals surface area contributed by atoms with Crippen molar-refractivity contribution in [1.29, 1.82) is 0 Å². The Bertz CT molecular complexity index is 525. The molecule has 0 aliphatic heterocycles. The van der Waals surface area contributed by atoms with Crippen molar-refractivity contribution in [3.8, 4) is 0 Å². The minimum atomic E-state index is -3.63. The van der Waals surface area contributed by atoms with Gasteiger partial charge in [-0.25, -0.2) is 0 Å². The molecule has 94 valence electrons. The fourth-order valence-corrected chi connectivity index (χ4v) is 2.22. The summed E-state index contributed by atoms with van der Waals surface area (Å²) in [4.78, 5) is 11.2. The molecule has 0 heterocycles. The third kappa shape index (κ3) is 2.56. The van der Waals surface area contributed by atoms with Crippen LogP contribution in [0.2, 0.25) is 0 Å². The number of rotatable bonds is 4. The summed E-state index contributed by atoms with van der Waals surface area (Å²) < 4.78 is 25.9. The number of nitrogens with two attached hydrogens (primary N) is 1. The number of anilines is 1. The van der Waals surface area contributed by atoms with Crippen molar-refractivity contribution in [2.75, 3.05) is 25.4 Å². The van der Waals surface area contributed by atoms with Crippen molar-refractivity contribution < 1.29 is 13.2 Å². The van der Waals surface area contributed by atoms with Crippen LogP contribution in [0, 0.1) is 0 Å². The van der Waals surface area contributed by atoms with E-state index in [1.54, 1.807) is 12.1 Å². The van der Waals surface area contributed by atoms with Gasteiger partial charge in [0.2, 0.25) is 0 Å². The van der Waals surface area contributed by atoms with E-state index in [0.29, 0.717) is 0 Å². The summed E-state index contributed by atoms with van der Waals surface area (Å²) in [7, 11) is 0.576. The number of primary amides is 1. The van der Waals surface area contributed by atoms with Crippen molar-refractivity contribution >= 4 is 21.8 Å². The van der Waals surface area contributed by atoms with Crippen LogP contribution in [-0.4, -0.2) is 39.8 Å². The Balaban J connectivity index is 3.31. The molecule has 0 fully saturated rings. The molecule has 1 aromatic rings. The standard InChI is InChI=1S/C10H15N3O3S/c1-12(2)17(15,16)13(3)9-7-5-4-6-8(9)10(11)14/h4-7H,1-3H3,(H2,11,14). The Kier molecular flexibility index (Phi) is 3.74. The number of carbonyl (C=O) groups is 1. The molecule has 6 nitrogen and oxygen atoms in total. The van der Waals surface area contributed by atoms with Gasteiger partial charge < -0.3 is 5.73 Å². The van der Waals surface area contributed by atoms with E-state index >= 15 is 0 Å². The first-order chi connectivity index (χ1) is 7.78. The summed E-state index contributed by atoms with van der Waals surface area (Å²) in [6.07, 6.45) is 0. The number of hydrogen-bond acceptors (Lipinski definition) is 3. The number of carbonyl (C=O) groups excluding carboxylic acids is 1. The lowest BCUT2D eigenvalue weighted by molar-refractivity contribution is 0.100. The summed E-state index contributed by atoms with van der Waals surface area (Å²) in [5.41, 5.74) is 5.62. The van der Waals surface area contributed by atoms with Crippen molar-refractivity contribution in [2.24, 2.45) is 5.73 Å². The fraction of sp³-hybridized carbons (Fsp3) is 0.300. The minimum absolute atomic E-state index is 0.167. The molecule has 0 aliphatic rings. The highest BCUT2D eigenvalue weighted by atomic mass is 32.2. The first-order valence-electron chi connectivity index (χ1n) is 4.83. The quantitative estimate of drug-likeness (QED) is 0.825. The van der Waals surface area contributed by atoms with Crippen LogP contribution in [0.4, 0.5) is 5.69 Å². The second-order valence-electron chi connectivity index (χ2n) is 3.64. The maximum atomic E-state index is 11.9. The van der Waals surface area contributed by atoms with Gasteiger partial charge in [0.25, 0.3) is 5.91 Å². The van der Waals surface area contributed by atoms with E-state index in [1.165, 1.54) is 33.3 Å². The van der Waals surface area contributed by atoms with Gasteiger partial charge in [-0.3, -0.25) is 9.10 Å². The lowest BCUT2D eigenvalue weighted by Gasteiger charge is -2.24. The molecule has 2 N–H and O–H groups in total. The van der Waals surface area contributed by atoms with Gasteiger partial charge >= 0.3 is 10.2 Å². The maximum Gasteiger partial charge on any atom is 0.303 e. The molecular weight excluding hydrogens is 242 g/mol. The Morgan fingerprint density at radius 1 is 1.18 bits per heavy atom. The smallest absolute Gasteiger partial charge is 0.303 e. The highest BCUT2D eigenvalue weighted by Gasteiger charge is 2.23. The van der Waals surface area contributed by atoms with Gasteiger partial charge in [-0.05, 0) is 12.1 Å². The second-order valence-corrected chi connectivity index (χ2v) is 5.81. The molecule has 1 rings (SSSR count). The van der Waals surface area contributed by atoms with Gasteiger partial charge in [-0.2, -0.15) is 12.7 Å². The van der Waals surface area contributed by atoms with Crippen LogP contribution >= 0.6 is 0 Å². The van der Waals surface area contributed by atoms with Gasteiger partial charge in [0.15, 0.2) is 0 Å². The topological polar surface area (TPSA) is 83.7 Å². The Morgan fingerprint density at radius 2 is 1.71 bits per heavy atom. The summed E-state index contributed by atoms with van der Waals surface area (Å²) in [6, 6.07) is 6.28. The van der Waals surface area contributed by atoms with Crippen molar-refractivity contribution in [3.63, 3.8) is 0 Å². The number of amides is 1. The molecule has 0 atom stereocenters. The molecule has 7 heteroatoms. The van der Waals surface area contributed by atoms with Crippen LogP contribution in [0.1, 0.15) is 10.4 Å². The van der Waals surface area contributed by atoms with E-state index in [4.69, 9.17) is 5.73 Å². The summed E-state index contributed by atoms with van der Waals surface area (Å²) in [5.74, 6) is -0.665. The average Bonchev–Trinajstić information content (AvgIpc) is 2.27. The van der Waals surface area contributed by atoms with Crippen LogP contribution in [0.15, 0.2) is 24.3 Å². The first-order valence-corrected chi connectivity index (χ1v) is 6.23. The van der Waals surface area contributed by atoms with Crippen LogP contribution < -0.4 is 10.0 Å². The van der Waals surface area contributed by atoms with Crippen molar-refractivity contribution in [3.05, 3.63) is 29.8 Å². The van der Waals surface area contributed by atoms with Gasteiger partial charge in [0.05, 0.1) is 11.3 Å². The molecule has 0 saturated heterocycles. The monoisotopic (exact) mass is 257 g/mol. The second kappa shape index (κ2) is 4.72. The number of nitrogens with zero attached hydrogens (tertiary/aromatic N) is 2. The third-order valence-electron chi connectivity index (χ3n) is 2.32. The Labute approximate surface area is 101 Å². The first kappa shape index (κ1) is 13.5. The lowest BCUT2D eigenvalue weighted by atomic mass is 10.2. The van der Waals surface area contributed by atoms with Crippen molar-refractivity contribution in [2.45, 2.75) is 0 Å². The highest BCUT2D eigenvalue weighted by Crippen LogP contribution is 2.21. The highest BCUT2D eigenvalue weighted by molar-refractivity contribution is 7.90. The molecule has 0 aliphatic carbocycles. The van der Waals surface area contributed by atoms with Gasteiger partial charge in [-0.1, -0.05) is 12.1 Å². The maximum absolute atomic E-state index is 11.9. The minimum Gasteiger partial charge on any atom is -0.366 e. The molecular formula is C10H15N3O3S. The molecule has 17 heavy (non-hydrogen) atoms. The zero-order chi connectivity index (χ0) is 13.2. The Morgan fingerprint density at radius 3 is 2.18 bits per heavy atom. The zero-order valence-corrected chi connectivity index (χ0v) is 10.7. The predicted molar refractivity (Wildman–Crippen MR) is 66.0 cm³/mol. The SMILES string of the molecule is CN(C)S(=O)(=O)N(C)c1ccccc1C(N)=O. The van der Waals surface area contributed by atoms with Gasteiger partial charge in [-0.15, -0.1) is 0 Å². The number of benzene rings is 1. The molecule has 1 aromatic carbocycles. The lowest BCUT2D eigenvalue weighted by Crippen LogP contribution is -2.38. The molecule has 0 radical (unpaired) electrons. The third-order valence-corrected chi connectivity index (χ3v) is 4.13. The molecule has 0 spiro atoms. The zero-order valence-electron chi connectivity index (χ0n) is 9.91. The van der Waals surface area contributed by atoms with Crippen LogP contribution in [0.3, 0.4) is 0 Å². The largest absolute Gasteiger partial charge is 0.366 e. The van der Waals surface area contributed by atoms with Gasteiger partial charge in [0.1, 0.15) is 0 Å². The summed E-state index contributed by atoms with van der Waals surface area (Å²) in [5, 5.41) is 0. The van der Waals surface area contributed by atoms with Crippen LogP contribution in [0.5, 0.6) is 0 Å². The van der Waals surface area contributed by atoms with Crippen molar-refractivity contribution in [1.82, 2.24) is 4.31 Å². The molecule has 0 unspecified atom stereocenters. The van der Waals surface area contributed by atoms with Crippen LogP contribution in [0.25, 0.3) is 0 Å². The summed E-state index contributed by atoms with van der Waals surface area (Å²) in [6.45, 7) is 0. The normalized spacial score (nSPS) is 11.5.